The second-order valence-corrected chi connectivity index (χ2v) is 1.42. The number of nitrogens with zero attached hydrogens (tertiary/aromatic N) is 1. The van der Waals surface area contributed by atoms with Crippen LogP contribution in [0.4, 0.5) is 9.28 Å². The van der Waals surface area contributed by atoms with E-state index in [2.05, 4.69) is 5.73 Å². The van der Waals surface area contributed by atoms with Gasteiger partial charge >= 0.3 is 6.03 Å². The maximum Gasteiger partial charge on any atom is 0.342 e. The van der Waals surface area contributed by atoms with E-state index in [1.165, 1.54) is 0 Å². The average molecular weight is 120 g/mol. The molecule has 0 aliphatic heterocycles. The predicted molar refractivity (Wildman–Crippen MR) is 27.7 cm³/mol. The van der Waals surface area contributed by atoms with Gasteiger partial charge in [-0.3, -0.25) is 0 Å². The van der Waals surface area contributed by atoms with E-state index in [1.54, 1.807) is 6.92 Å². The smallest absolute Gasteiger partial charge is 0.342 e. The van der Waals surface area contributed by atoms with E-state index in [1.807, 2.05) is 0 Å². The summed E-state index contributed by atoms with van der Waals surface area (Å²) in [6.07, 6.45) is 0.583. The number of primary amides is 1. The Kier molecular flexibility index (Phi) is 2.91. The van der Waals surface area contributed by atoms with Gasteiger partial charge < -0.3 is 5.73 Å². The van der Waals surface area contributed by atoms with Crippen LogP contribution in [0, 0.1) is 0 Å². The minimum Gasteiger partial charge on any atom is -0.350 e. The molecule has 0 aliphatic carbocycles. The normalized spacial score (nSPS) is 8.75. The van der Waals surface area contributed by atoms with Crippen molar-refractivity contribution in [3.8, 4) is 0 Å². The fraction of sp³-hybridized carbons (Fsp3) is 0.750. The summed E-state index contributed by atoms with van der Waals surface area (Å²) >= 11 is 0. The molecule has 0 spiro atoms. The maximum absolute atomic E-state index is 11.9. The Labute approximate surface area is 47.2 Å². The van der Waals surface area contributed by atoms with Crippen LogP contribution in [0.25, 0.3) is 0 Å². The quantitative estimate of drug-likeness (QED) is 0.534. The number of hydrogen-bond donors (Lipinski definition) is 1. The van der Waals surface area contributed by atoms with Crippen molar-refractivity contribution in [2.45, 2.75) is 13.3 Å². The Bertz CT molecular complexity index is 86.1. The summed E-state index contributed by atoms with van der Waals surface area (Å²) < 4.78 is 11.9. The van der Waals surface area contributed by atoms with Gasteiger partial charge in [-0.05, 0) is 6.42 Å². The lowest BCUT2D eigenvalue weighted by Crippen LogP contribution is -2.28. The lowest BCUT2D eigenvalue weighted by Gasteiger charge is -2.04. The lowest BCUT2D eigenvalue weighted by atomic mass is 10.5. The van der Waals surface area contributed by atoms with E-state index in [9.17, 15) is 9.28 Å². The first-order valence-corrected chi connectivity index (χ1v) is 2.41. The molecule has 0 aromatic heterocycles. The number of hydrogen-bond acceptors (Lipinski definition) is 1. The zero-order chi connectivity index (χ0) is 6.57. The van der Waals surface area contributed by atoms with Gasteiger partial charge in [0.2, 0.25) is 0 Å². The Morgan fingerprint density at radius 1 is 1.88 bits per heavy atom. The molecular formula is C4H9FN2O. The van der Waals surface area contributed by atoms with Crippen LogP contribution >= 0.6 is 0 Å². The second kappa shape index (κ2) is 3.23. The van der Waals surface area contributed by atoms with Crippen molar-refractivity contribution in [3.05, 3.63) is 0 Å². The molecule has 2 N–H and O–H groups in total. The van der Waals surface area contributed by atoms with Crippen LogP contribution in [-0.2, 0) is 0 Å². The first-order valence-electron chi connectivity index (χ1n) is 2.41. The number of amides is 2. The number of urea groups is 1. The van der Waals surface area contributed by atoms with Gasteiger partial charge in [-0.25, -0.2) is 4.79 Å². The number of carbonyl (C=O) groups excluding carboxylic acids is 1. The number of rotatable bonds is 2. The van der Waals surface area contributed by atoms with Crippen molar-refractivity contribution in [2.24, 2.45) is 5.73 Å². The molecule has 0 heterocycles. The van der Waals surface area contributed by atoms with Crippen molar-refractivity contribution in [3.63, 3.8) is 0 Å². The molecule has 0 saturated heterocycles. The van der Waals surface area contributed by atoms with Crippen LogP contribution < -0.4 is 5.73 Å². The van der Waals surface area contributed by atoms with Crippen LogP contribution in [0.3, 0.4) is 0 Å². The van der Waals surface area contributed by atoms with Gasteiger partial charge in [0.1, 0.15) is 0 Å². The molecule has 0 bridgehead atoms. The van der Waals surface area contributed by atoms with Gasteiger partial charge in [0.25, 0.3) is 0 Å². The molecule has 0 fully saturated rings. The zero-order valence-corrected chi connectivity index (χ0v) is 4.72. The monoisotopic (exact) mass is 120 g/mol. The Hall–Kier alpha value is -0.800. The second-order valence-electron chi connectivity index (χ2n) is 1.42. The number of nitrogens with two attached hydrogens (primary N) is 1. The predicted octanol–water partition coefficient (Wildman–Crippen LogP) is 0.662. The van der Waals surface area contributed by atoms with Crippen molar-refractivity contribution >= 4 is 6.03 Å². The molecule has 0 atom stereocenters. The van der Waals surface area contributed by atoms with Crippen molar-refractivity contribution in [1.82, 2.24) is 5.12 Å². The minimum absolute atomic E-state index is 0.0139. The van der Waals surface area contributed by atoms with E-state index < -0.39 is 6.03 Å². The Morgan fingerprint density at radius 3 is 2.50 bits per heavy atom. The summed E-state index contributed by atoms with van der Waals surface area (Å²) in [5.74, 6) is 0. The molecule has 48 valence electrons. The molecule has 0 saturated carbocycles. The SMILES string of the molecule is CCCN(F)C(N)=O. The maximum atomic E-state index is 11.9. The van der Waals surface area contributed by atoms with E-state index >= 15 is 0 Å². The van der Waals surface area contributed by atoms with Gasteiger partial charge in [-0.15, -0.1) is 0 Å². The van der Waals surface area contributed by atoms with E-state index in [0.717, 1.165) is 0 Å². The van der Waals surface area contributed by atoms with Gasteiger partial charge in [0, 0.05) is 0 Å². The van der Waals surface area contributed by atoms with Crippen molar-refractivity contribution in [1.29, 1.82) is 0 Å². The average Bonchev–Trinajstić information content (AvgIpc) is 1.67. The summed E-state index contributed by atoms with van der Waals surface area (Å²) in [4.78, 5) is 9.86. The lowest BCUT2D eigenvalue weighted by molar-refractivity contribution is 0.0724. The summed E-state index contributed by atoms with van der Waals surface area (Å²) in [7, 11) is 0. The van der Waals surface area contributed by atoms with Crippen LogP contribution in [-0.4, -0.2) is 17.7 Å². The molecule has 0 radical (unpaired) electrons. The zero-order valence-electron chi connectivity index (χ0n) is 4.72. The van der Waals surface area contributed by atoms with Gasteiger partial charge in [-0.2, -0.15) is 5.12 Å². The first-order chi connectivity index (χ1) is 3.68. The molecule has 3 nitrogen and oxygen atoms in total. The van der Waals surface area contributed by atoms with Crippen LogP contribution in [0.2, 0.25) is 0 Å². The third-order valence-electron chi connectivity index (χ3n) is 0.659. The van der Waals surface area contributed by atoms with Crippen LogP contribution in [0.5, 0.6) is 0 Å². The highest BCUT2D eigenvalue weighted by Crippen LogP contribution is 1.88. The number of halogens is 1. The topological polar surface area (TPSA) is 46.3 Å². The van der Waals surface area contributed by atoms with Gasteiger partial charge in [0.15, 0.2) is 0 Å². The summed E-state index contributed by atoms with van der Waals surface area (Å²) in [5.41, 5.74) is 4.53. The molecule has 0 aliphatic rings. The van der Waals surface area contributed by atoms with E-state index in [0.29, 0.717) is 6.42 Å². The molecule has 0 aromatic carbocycles. The largest absolute Gasteiger partial charge is 0.350 e. The minimum atomic E-state index is -1.02. The Morgan fingerprint density at radius 2 is 2.38 bits per heavy atom. The van der Waals surface area contributed by atoms with Crippen LogP contribution in [0.15, 0.2) is 0 Å². The molecule has 2 amide bonds. The third-order valence-corrected chi connectivity index (χ3v) is 0.659. The third kappa shape index (κ3) is 2.39. The molecule has 4 heteroatoms. The highest BCUT2D eigenvalue weighted by atomic mass is 19.2. The van der Waals surface area contributed by atoms with Gasteiger partial charge in [0.05, 0.1) is 6.54 Å². The number of carbonyl (C=O) groups is 1. The van der Waals surface area contributed by atoms with Crippen molar-refractivity contribution < 1.29 is 9.28 Å². The fourth-order valence-electron chi connectivity index (χ4n) is 0.307. The fourth-order valence-corrected chi connectivity index (χ4v) is 0.307. The van der Waals surface area contributed by atoms with Gasteiger partial charge in [-0.1, -0.05) is 11.4 Å². The highest BCUT2D eigenvalue weighted by Gasteiger charge is 2.03. The van der Waals surface area contributed by atoms with Crippen LogP contribution in [0.1, 0.15) is 13.3 Å². The molecule has 0 unspecified atom stereocenters. The molecule has 0 aromatic rings. The first kappa shape index (κ1) is 7.20. The molecule has 8 heavy (non-hydrogen) atoms. The Balaban J connectivity index is 3.32. The summed E-state index contributed by atoms with van der Waals surface area (Å²) in [6.45, 7) is 1.84. The summed E-state index contributed by atoms with van der Waals surface area (Å²) in [6, 6.07) is -1.02. The molecule has 0 rings (SSSR count). The summed E-state index contributed by atoms with van der Waals surface area (Å²) in [5, 5.41) is -0.0139. The highest BCUT2D eigenvalue weighted by molar-refractivity contribution is 5.70. The van der Waals surface area contributed by atoms with E-state index in [-0.39, 0.29) is 11.7 Å². The standard InChI is InChI=1S/C4H9FN2O/c1-2-3-7(5)4(6)8/h2-3H2,1H3,(H2,6,8). The molecular weight excluding hydrogens is 111 g/mol. The van der Waals surface area contributed by atoms with Crippen molar-refractivity contribution in [2.75, 3.05) is 6.54 Å². The van der Waals surface area contributed by atoms with E-state index in [4.69, 9.17) is 0 Å².